The summed E-state index contributed by atoms with van der Waals surface area (Å²) in [7, 11) is 0. The second kappa shape index (κ2) is 5.37. The molecular weight excluding hydrogens is 350 g/mol. The van der Waals surface area contributed by atoms with E-state index in [1.807, 2.05) is 0 Å². The van der Waals surface area contributed by atoms with Crippen molar-refractivity contribution in [3.8, 4) is 0 Å². The largest absolute Gasteiger partial charge is 0.355 e. The van der Waals surface area contributed by atoms with Crippen LogP contribution in [-0.2, 0) is 6.54 Å². The third-order valence-corrected chi connectivity index (χ3v) is 7.52. The first kappa shape index (κ1) is 16.2. The zero-order valence-corrected chi connectivity index (χ0v) is 15.3. The first-order valence-electron chi connectivity index (χ1n) is 10.0. The van der Waals surface area contributed by atoms with Crippen LogP contribution in [0.5, 0.6) is 0 Å². The van der Waals surface area contributed by atoms with Gasteiger partial charge in [-0.25, -0.2) is 23.4 Å². The van der Waals surface area contributed by atoms with Crippen molar-refractivity contribution in [1.29, 1.82) is 0 Å². The number of nitrogens with zero attached hydrogens (tertiary/aromatic N) is 6. The van der Waals surface area contributed by atoms with Gasteiger partial charge in [-0.05, 0) is 43.4 Å². The van der Waals surface area contributed by atoms with Crippen molar-refractivity contribution < 1.29 is 8.78 Å². The summed E-state index contributed by atoms with van der Waals surface area (Å²) >= 11 is 0. The van der Waals surface area contributed by atoms with Gasteiger partial charge in [0.05, 0.1) is 12.4 Å². The van der Waals surface area contributed by atoms with Crippen LogP contribution in [0.25, 0.3) is 11.2 Å². The Morgan fingerprint density at radius 2 is 1.85 bits per heavy atom. The lowest BCUT2D eigenvalue weighted by Gasteiger charge is -2.72. The molecule has 3 saturated carbocycles. The summed E-state index contributed by atoms with van der Waals surface area (Å²) in [5.41, 5.74) is 2.11. The van der Waals surface area contributed by atoms with Gasteiger partial charge in [-0.3, -0.25) is 4.90 Å². The Morgan fingerprint density at radius 3 is 2.48 bits per heavy atom. The van der Waals surface area contributed by atoms with Crippen LogP contribution in [0.3, 0.4) is 0 Å². The predicted octanol–water partition coefficient (Wildman–Crippen LogP) is 2.55. The zero-order chi connectivity index (χ0) is 18.2. The number of alkyl halides is 2. The lowest BCUT2D eigenvalue weighted by atomic mass is 9.47. The van der Waals surface area contributed by atoms with Crippen molar-refractivity contribution in [2.24, 2.45) is 11.3 Å². The highest BCUT2D eigenvalue weighted by atomic mass is 19.3. The molecule has 1 spiro atoms. The molecule has 144 valence electrons. The molecule has 2 aromatic rings. The molecule has 8 heteroatoms. The normalized spacial score (nSPS) is 31.8. The molecule has 2 saturated heterocycles. The highest BCUT2D eigenvalue weighted by Gasteiger charge is 2.64. The second-order valence-corrected chi connectivity index (χ2v) is 9.20. The summed E-state index contributed by atoms with van der Waals surface area (Å²) in [6.45, 7) is 4.02. The fraction of sp³-hybridized carbons (Fsp3) is 0.737. The summed E-state index contributed by atoms with van der Waals surface area (Å²) in [5, 5.41) is 4.00. The van der Waals surface area contributed by atoms with Crippen LogP contribution in [0.1, 0.15) is 32.1 Å². The van der Waals surface area contributed by atoms with E-state index in [0.29, 0.717) is 22.1 Å². The van der Waals surface area contributed by atoms with Gasteiger partial charge in [-0.2, -0.15) is 5.10 Å². The highest BCUT2D eigenvalue weighted by Crippen LogP contribution is 2.63. The Bertz CT molecular complexity index is 862. The third-order valence-electron chi connectivity index (χ3n) is 7.52. The van der Waals surface area contributed by atoms with Crippen LogP contribution in [0.4, 0.5) is 14.6 Å². The van der Waals surface area contributed by atoms with E-state index in [1.165, 1.54) is 56.1 Å². The molecule has 0 aromatic carbocycles. The maximum absolute atomic E-state index is 12.7. The average molecular weight is 374 g/mol. The molecule has 0 radical (unpaired) electrons. The molecule has 2 bridgehead atoms. The van der Waals surface area contributed by atoms with E-state index in [2.05, 4.69) is 24.9 Å². The van der Waals surface area contributed by atoms with Crippen molar-refractivity contribution in [1.82, 2.24) is 24.6 Å². The van der Waals surface area contributed by atoms with Crippen LogP contribution in [0.2, 0.25) is 0 Å². The molecule has 5 fully saturated rings. The van der Waals surface area contributed by atoms with Gasteiger partial charge in [0.2, 0.25) is 0 Å². The first-order valence-corrected chi connectivity index (χ1v) is 10.0. The topological polar surface area (TPSA) is 50.1 Å². The van der Waals surface area contributed by atoms with Crippen molar-refractivity contribution in [3.05, 3.63) is 12.4 Å². The Morgan fingerprint density at radius 1 is 1.11 bits per heavy atom. The maximum Gasteiger partial charge on any atom is 0.258 e. The monoisotopic (exact) mass is 374 g/mol. The Balaban J connectivity index is 1.14. The highest BCUT2D eigenvalue weighted by molar-refractivity contribution is 5.71. The fourth-order valence-electron chi connectivity index (χ4n) is 5.70. The number of halogens is 2. The SMILES string of the molecule is FC(F)Cn1ncc2ncc(N3CCC4(CC3)CN(C35CC(C3)C5)C4)nc21. The lowest BCUT2D eigenvalue weighted by molar-refractivity contribution is -0.210. The van der Waals surface area contributed by atoms with E-state index in [1.54, 1.807) is 6.20 Å². The molecular formula is C19H24F2N6. The minimum Gasteiger partial charge on any atom is -0.355 e. The first-order chi connectivity index (χ1) is 13.0. The van der Waals surface area contributed by atoms with Gasteiger partial charge >= 0.3 is 0 Å². The van der Waals surface area contributed by atoms with Crippen molar-refractivity contribution in [2.75, 3.05) is 31.1 Å². The number of anilines is 1. The standard InChI is InChI=1S/C19H24F2N6/c20-15(21)10-27-17-14(8-23-27)22-9-16(24-17)25-3-1-18(2-4-25)11-26(12-18)19-5-13(6-19)7-19/h8-9,13,15H,1-7,10-12H2. The molecule has 5 aliphatic rings. The number of hydrogen-bond acceptors (Lipinski definition) is 5. The number of hydrogen-bond donors (Lipinski definition) is 0. The number of likely N-dealkylation sites (tertiary alicyclic amines) is 1. The Kier molecular flexibility index (Phi) is 3.21. The minimum absolute atomic E-state index is 0.441. The number of aromatic nitrogens is 4. The molecule has 6 nitrogen and oxygen atoms in total. The summed E-state index contributed by atoms with van der Waals surface area (Å²) in [6, 6.07) is 0. The summed E-state index contributed by atoms with van der Waals surface area (Å²) in [4.78, 5) is 14.0. The molecule has 0 unspecified atom stereocenters. The molecule has 2 aliphatic heterocycles. The van der Waals surface area contributed by atoms with Gasteiger partial charge in [-0.15, -0.1) is 0 Å². The minimum atomic E-state index is -2.45. The average Bonchev–Trinajstić information content (AvgIpc) is 2.93. The van der Waals surface area contributed by atoms with Crippen molar-refractivity contribution in [2.45, 2.75) is 50.6 Å². The van der Waals surface area contributed by atoms with Crippen LogP contribution < -0.4 is 4.90 Å². The van der Waals surface area contributed by atoms with E-state index in [9.17, 15) is 8.78 Å². The molecule has 3 aliphatic carbocycles. The van der Waals surface area contributed by atoms with Crippen molar-refractivity contribution >= 4 is 17.0 Å². The Labute approximate surface area is 156 Å². The maximum atomic E-state index is 12.7. The molecule has 0 amide bonds. The summed E-state index contributed by atoms with van der Waals surface area (Å²) < 4.78 is 26.7. The van der Waals surface area contributed by atoms with E-state index in [0.717, 1.165) is 24.8 Å². The molecule has 0 atom stereocenters. The van der Waals surface area contributed by atoms with Crippen LogP contribution in [0, 0.1) is 11.3 Å². The van der Waals surface area contributed by atoms with Crippen LogP contribution in [0.15, 0.2) is 12.4 Å². The zero-order valence-electron chi connectivity index (χ0n) is 15.3. The smallest absolute Gasteiger partial charge is 0.258 e. The van der Waals surface area contributed by atoms with Gasteiger partial charge in [-0.1, -0.05) is 0 Å². The molecule has 27 heavy (non-hydrogen) atoms. The number of rotatable bonds is 4. The quantitative estimate of drug-likeness (QED) is 0.823. The molecule has 4 heterocycles. The van der Waals surface area contributed by atoms with E-state index >= 15 is 0 Å². The Hall–Kier alpha value is -1.83. The van der Waals surface area contributed by atoms with E-state index in [-0.39, 0.29) is 0 Å². The molecule has 2 aromatic heterocycles. The van der Waals surface area contributed by atoms with Gasteiger partial charge in [0.1, 0.15) is 17.9 Å². The lowest BCUT2D eigenvalue weighted by Crippen LogP contribution is -2.76. The second-order valence-electron chi connectivity index (χ2n) is 9.20. The summed E-state index contributed by atoms with van der Waals surface area (Å²) in [6.07, 6.45) is 7.50. The van der Waals surface area contributed by atoms with Crippen LogP contribution in [-0.4, -0.2) is 62.8 Å². The summed E-state index contributed by atoms with van der Waals surface area (Å²) in [5.74, 6) is 1.82. The number of fused-ring (bicyclic) bond motifs is 1. The van der Waals surface area contributed by atoms with Crippen LogP contribution >= 0.6 is 0 Å². The fourth-order valence-corrected chi connectivity index (χ4v) is 5.70. The predicted molar refractivity (Wildman–Crippen MR) is 96.9 cm³/mol. The van der Waals surface area contributed by atoms with Gasteiger partial charge < -0.3 is 4.90 Å². The molecule has 7 rings (SSSR count). The van der Waals surface area contributed by atoms with Gasteiger partial charge in [0.25, 0.3) is 6.43 Å². The number of piperidine rings is 1. The van der Waals surface area contributed by atoms with Crippen molar-refractivity contribution in [3.63, 3.8) is 0 Å². The molecule has 0 N–H and O–H groups in total. The van der Waals surface area contributed by atoms with Gasteiger partial charge in [0.15, 0.2) is 5.65 Å². The van der Waals surface area contributed by atoms with E-state index in [4.69, 9.17) is 0 Å². The van der Waals surface area contributed by atoms with E-state index < -0.39 is 13.0 Å². The third kappa shape index (κ3) is 2.35. The van der Waals surface area contributed by atoms with Gasteiger partial charge in [0, 0.05) is 31.7 Å².